The number of hydrogen-bond acceptors (Lipinski definition) is 5. The Morgan fingerprint density at radius 1 is 1.48 bits per heavy atom. The molecule has 1 amide bonds. The summed E-state index contributed by atoms with van der Waals surface area (Å²) in [5.74, 6) is -0.346. The summed E-state index contributed by atoms with van der Waals surface area (Å²) in [6.07, 6.45) is 0. The molecular weight excluding hydrogens is 275 g/mol. The van der Waals surface area contributed by atoms with Gasteiger partial charge in [-0.05, 0) is 42.6 Å². The van der Waals surface area contributed by atoms with Gasteiger partial charge in [0.25, 0.3) is 0 Å². The highest BCUT2D eigenvalue weighted by atomic mass is 19.1. The Bertz CT molecular complexity index is 641. The Labute approximate surface area is 121 Å². The van der Waals surface area contributed by atoms with E-state index in [2.05, 4.69) is 26.2 Å². The number of nitrogens with zero attached hydrogens (tertiary/aromatic N) is 4. The van der Waals surface area contributed by atoms with Crippen LogP contribution in [0.5, 0.6) is 0 Å². The van der Waals surface area contributed by atoms with Crippen molar-refractivity contribution in [3.63, 3.8) is 0 Å². The first-order chi connectivity index (χ1) is 10.0. The number of aromatic nitrogens is 4. The van der Waals surface area contributed by atoms with E-state index in [1.807, 2.05) is 6.92 Å². The molecule has 0 aliphatic rings. The molecule has 2 aromatic rings. The van der Waals surface area contributed by atoms with E-state index in [4.69, 9.17) is 0 Å². The van der Waals surface area contributed by atoms with Crippen molar-refractivity contribution in [2.45, 2.75) is 13.8 Å². The van der Waals surface area contributed by atoms with Gasteiger partial charge in [-0.2, -0.15) is 4.68 Å². The van der Waals surface area contributed by atoms with Crippen molar-refractivity contribution in [3.8, 4) is 5.69 Å². The highest BCUT2D eigenvalue weighted by Crippen LogP contribution is 2.19. The molecule has 0 saturated heterocycles. The summed E-state index contributed by atoms with van der Waals surface area (Å²) in [6.45, 7) is 4.04. The fourth-order valence-electron chi connectivity index (χ4n) is 1.87. The summed E-state index contributed by atoms with van der Waals surface area (Å²) in [5.41, 5.74) is 0.686. The standard InChI is InChI=1S/C13H17FN6O/c1-8(7-15-3)13(21)16-10-4-5-11(14)12(6-10)20-9(2)17-18-19-20/h4-6,8,15H,7H2,1-3H3,(H,16,21). The smallest absolute Gasteiger partial charge is 0.228 e. The van der Waals surface area contributed by atoms with E-state index in [0.29, 0.717) is 18.1 Å². The Morgan fingerprint density at radius 3 is 2.86 bits per heavy atom. The third kappa shape index (κ3) is 3.40. The Morgan fingerprint density at radius 2 is 2.24 bits per heavy atom. The minimum atomic E-state index is -0.466. The van der Waals surface area contributed by atoms with Gasteiger partial charge in [0.1, 0.15) is 11.5 Å². The van der Waals surface area contributed by atoms with Gasteiger partial charge in [-0.25, -0.2) is 4.39 Å². The molecule has 0 aliphatic heterocycles. The molecule has 7 nitrogen and oxygen atoms in total. The van der Waals surface area contributed by atoms with Crippen molar-refractivity contribution < 1.29 is 9.18 Å². The van der Waals surface area contributed by atoms with Crippen LogP contribution in [0.25, 0.3) is 5.69 Å². The van der Waals surface area contributed by atoms with Crippen LogP contribution in [0.15, 0.2) is 18.2 Å². The van der Waals surface area contributed by atoms with Gasteiger partial charge in [0.05, 0.1) is 0 Å². The van der Waals surface area contributed by atoms with Crippen LogP contribution in [0, 0.1) is 18.7 Å². The van der Waals surface area contributed by atoms with Gasteiger partial charge >= 0.3 is 0 Å². The molecule has 0 bridgehead atoms. The van der Waals surface area contributed by atoms with Gasteiger partial charge in [-0.3, -0.25) is 4.79 Å². The lowest BCUT2D eigenvalue weighted by atomic mass is 10.1. The molecule has 1 atom stereocenters. The molecule has 0 aliphatic carbocycles. The maximum absolute atomic E-state index is 13.9. The molecule has 0 radical (unpaired) electrons. The number of amides is 1. The molecule has 1 heterocycles. The zero-order valence-corrected chi connectivity index (χ0v) is 12.1. The molecule has 2 rings (SSSR count). The van der Waals surface area contributed by atoms with Crippen LogP contribution < -0.4 is 10.6 Å². The van der Waals surface area contributed by atoms with Crippen molar-refractivity contribution in [1.82, 2.24) is 25.5 Å². The second kappa shape index (κ2) is 6.40. The average Bonchev–Trinajstić information content (AvgIpc) is 2.87. The average molecular weight is 292 g/mol. The highest BCUT2D eigenvalue weighted by molar-refractivity contribution is 5.92. The summed E-state index contributed by atoms with van der Waals surface area (Å²) in [4.78, 5) is 12.0. The number of carbonyl (C=O) groups excluding carboxylic acids is 1. The minimum absolute atomic E-state index is 0.143. The second-order valence-electron chi connectivity index (χ2n) is 4.75. The highest BCUT2D eigenvalue weighted by Gasteiger charge is 2.14. The number of rotatable bonds is 5. The van der Waals surface area contributed by atoms with E-state index < -0.39 is 5.82 Å². The third-order valence-corrected chi connectivity index (χ3v) is 3.03. The number of halogens is 1. The maximum Gasteiger partial charge on any atom is 0.228 e. The number of tetrazole rings is 1. The molecule has 0 saturated carbocycles. The van der Waals surface area contributed by atoms with Crippen molar-refractivity contribution in [2.24, 2.45) is 5.92 Å². The van der Waals surface area contributed by atoms with Crippen molar-refractivity contribution in [2.75, 3.05) is 18.9 Å². The molecule has 2 N–H and O–H groups in total. The first-order valence-electron chi connectivity index (χ1n) is 6.53. The molecule has 112 valence electrons. The minimum Gasteiger partial charge on any atom is -0.326 e. The van der Waals surface area contributed by atoms with E-state index >= 15 is 0 Å². The topological polar surface area (TPSA) is 84.7 Å². The lowest BCUT2D eigenvalue weighted by molar-refractivity contribution is -0.119. The summed E-state index contributed by atoms with van der Waals surface area (Å²) in [7, 11) is 1.78. The van der Waals surface area contributed by atoms with E-state index in [-0.39, 0.29) is 17.5 Å². The quantitative estimate of drug-likeness (QED) is 0.855. The fourth-order valence-corrected chi connectivity index (χ4v) is 1.87. The predicted molar refractivity (Wildman–Crippen MR) is 75.6 cm³/mol. The van der Waals surface area contributed by atoms with E-state index in [0.717, 1.165) is 0 Å². The van der Waals surface area contributed by atoms with Crippen LogP contribution >= 0.6 is 0 Å². The molecule has 8 heteroatoms. The van der Waals surface area contributed by atoms with Crippen molar-refractivity contribution in [3.05, 3.63) is 29.8 Å². The van der Waals surface area contributed by atoms with E-state index in [1.54, 1.807) is 14.0 Å². The van der Waals surface area contributed by atoms with E-state index in [9.17, 15) is 9.18 Å². The third-order valence-electron chi connectivity index (χ3n) is 3.03. The van der Waals surface area contributed by atoms with Gasteiger partial charge in [-0.15, -0.1) is 5.10 Å². The number of carbonyl (C=O) groups is 1. The molecule has 1 aromatic heterocycles. The summed E-state index contributed by atoms with van der Waals surface area (Å²) < 4.78 is 15.2. The Hall–Kier alpha value is -2.35. The first kappa shape index (κ1) is 15.0. The summed E-state index contributed by atoms with van der Waals surface area (Å²) >= 11 is 0. The van der Waals surface area contributed by atoms with Gasteiger partial charge in [-0.1, -0.05) is 6.92 Å². The number of anilines is 1. The van der Waals surface area contributed by atoms with Crippen LogP contribution in [0.4, 0.5) is 10.1 Å². The number of benzene rings is 1. The lowest BCUT2D eigenvalue weighted by Gasteiger charge is -2.12. The molecular formula is C13H17FN6O. The Balaban J connectivity index is 2.24. The zero-order chi connectivity index (χ0) is 15.4. The molecule has 1 unspecified atom stereocenters. The van der Waals surface area contributed by atoms with Crippen LogP contribution in [0.1, 0.15) is 12.7 Å². The second-order valence-corrected chi connectivity index (χ2v) is 4.75. The summed E-state index contributed by atoms with van der Waals surface area (Å²) in [6, 6.07) is 4.28. The number of hydrogen-bond donors (Lipinski definition) is 2. The van der Waals surface area contributed by atoms with Crippen molar-refractivity contribution in [1.29, 1.82) is 0 Å². The van der Waals surface area contributed by atoms with Crippen LogP contribution in [0.2, 0.25) is 0 Å². The maximum atomic E-state index is 13.9. The predicted octanol–water partition coefficient (Wildman–Crippen LogP) is 0.904. The van der Waals surface area contributed by atoms with Crippen LogP contribution in [-0.2, 0) is 4.79 Å². The fraction of sp³-hybridized carbons (Fsp3) is 0.385. The van der Waals surface area contributed by atoms with Gasteiger partial charge < -0.3 is 10.6 Å². The van der Waals surface area contributed by atoms with Crippen molar-refractivity contribution >= 4 is 11.6 Å². The number of nitrogens with one attached hydrogen (secondary N) is 2. The first-order valence-corrected chi connectivity index (χ1v) is 6.53. The Kier molecular flexibility index (Phi) is 4.59. The van der Waals surface area contributed by atoms with Crippen LogP contribution in [-0.4, -0.2) is 39.7 Å². The monoisotopic (exact) mass is 292 g/mol. The molecule has 0 fully saturated rings. The van der Waals surface area contributed by atoms with E-state index in [1.165, 1.54) is 22.9 Å². The van der Waals surface area contributed by atoms with Gasteiger partial charge in [0.2, 0.25) is 5.91 Å². The van der Waals surface area contributed by atoms with Gasteiger partial charge in [0, 0.05) is 18.2 Å². The number of aryl methyl sites for hydroxylation is 1. The van der Waals surface area contributed by atoms with Gasteiger partial charge in [0.15, 0.2) is 5.82 Å². The molecule has 1 aromatic carbocycles. The van der Waals surface area contributed by atoms with Crippen LogP contribution in [0.3, 0.4) is 0 Å². The molecule has 21 heavy (non-hydrogen) atoms. The summed E-state index contributed by atoms with van der Waals surface area (Å²) in [5, 5.41) is 16.6. The normalized spacial score (nSPS) is 12.2. The largest absolute Gasteiger partial charge is 0.326 e. The SMILES string of the molecule is CNCC(C)C(=O)Nc1ccc(F)c(-n2nnnc2C)c1. The lowest BCUT2D eigenvalue weighted by Crippen LogP contribution is -2.28. The molecule has 0 spiro atoms. The zero-order valence-electron chi connectivity index (χ0n) is 12.1.